The number of benzene rings is 1. The maximum absolute atomic E-state index is 10.9. The third-order valence-corrected chi connectivity index (χ3v) is 2.27. The van der Waals surface area contributed by atoms with Crippen LogP contribution in [0.1, 0.15) is 11.5 Å². The number of carbonyl (C=O) groups excluding carboxylic acids is 1. The number of nitrogens with zero attached hydrogens (tertiary/aromatic N) is 1. The van der Waals surface area contributed by atoms with Crippen molar-refractivity contribution in [2.75, 3.05) is 0 Å². The van der Waals surface area contributed by atoms with Crippen molar-refractivity contribution in [3.8, 4) is 0 Å². The predicted molar refractivity (Wildman–Crippen MR) is 46.9 cm³/mol. The number of aliphatic hydroxyl groups is 1. The Morgan fingerprint density at radius 2 is 1.93 bits per heavy atom. The van der Waals surface area contributed by atoms with Crippen molar-refractivity contribution in [1.29, 1.82) is 0 Å². The maximum Gasteiger partial charge on any atom is 0.273 e. The summed E-state index contributed by atoms with van der Waals surface area (Å²) in [6.45, 7) is 0. The summed E-state index contributed by atoms with van der Waals surface area (Å²) in [4.78, 5) is 21.0. The lowest BCUT2D eigenvalue weighted by molar-refractivity contribution is -0.385. The van der Waals surface area contributed by atoms with Crippen LogP contribution in [0, 0.1) is 10.1 Å². The van der Waals surface area contributed by atoms with Crippen molar-refractivity contribution < 1.29 is 14.8 Å². The van der Waals surface area contributed by atoms with Gasteiger partial charge in [-0.15, -0.1) is 0 Å². The standard InChI is InChI=1S/C9H7NO4/c11-8-7(9(8)12)5-3-1-2-4-6(5)10(13)14/h1-4,7-8,11H. The Morgan fingerprint density at radius 1 is 1.36 bits per heavy atom. The van der Waals surface area contributed by atoms with E-state index in [-0.39, 0.29) is 11.5 Å². The molecule has 5 heteroatoms. The second-order valence-corrected chi connectivity index (χ2v) is 3.14. The zero-order valence-corrected chi connectivity index (χ0v) is 7.08. The van der Waals surface area contributed by atoms with Gasteiger partial charge in [0.2, 0.25) is 0 Å². The van der Waals surface area contributed by atoms with Crippen LogP contribution in [0.2, 0.25) is 0 Å². The highest BCUT2D eigenvalue weighted by Gasteiger charge is 2.51. The Morgan fingerprint density at radius 3 is 2.43 bits per heavy atom. The van der Waals surface area contributed by atoms with Crippen molar-refractivity contribution >= 4 is 11.5 Å². The van der Waals surface area contributed by atoms with E-state index in [1.165, 1.54) is 18.2 Å². The quantitative estimate of drug-likeness (QED) is 0.551. The van der Waals surface area contributed by atoms with Gasteiger partial charge in [-0.2, -0.15) is 0 Å². The summed E-state index contributed by atoms with van der Waals surface area (Å²) in [7, 11) is 0. The van der Waals surface area contributed by atoms with Crippen LogP contribution in [0.3, 0.4) is 0 Å². The zero-order valence-electron chi connectivity index (χ0n) is 7.08. The molecular weight excluding hydrogens is 186 g/mol. The lowest BCUT2D eigenvalue weighted by Gasteiger charge is -1.97. The Balaban J connectivity index is 2.43. The number of Topliss-reactive ketones (excluding diaryl/α,β-unsaturated/α-hetero) is 1. The van der Waals surface area contributed by atoms with Gasteiger partial charge in [0.1, 0.15) is 6.10 Å². The molecule has 72 valence electrons. The van der Waals surface area contributed by atoms with Gasteiger partial charge in [-0.1, -0.05) is 18.2 Å². The molecule has 0 spiro atoms. The van der Waals surface area contributed by atoms with Crippen molar-refractivity contribution in [3.63, 3.8) is 0 Å². The number of rotatable bonds is 2. The highest BCUT2D eigenvalue weighted by molar-refractivity contribution is 6.07. The van der Waals surface area contributed by atoms with Crippen LogP contribution in [0.5, 0.6) is 0 Å². The molecule has 1 aliphatic rings. The molecule has 0 aromatic heterocycles. The molecule has 1 aromatic carbocycles. The largest absolute Gasteiger partial charge is 0.384 e. The molecule has 0 amide bonds. The summed E-state index contributed by atoms with van der Waals surface area (Å²) in [6.07, 6.45) is -1.06. The molecule has 0 bridgehead atoms. The Hall–Kier alpha value is -1.75. The lowest BCUT2D eigenvalue weighted by atomic mass is 10.1. The van der Waals surface area contributed by atoms with E-state index in [1.807, 2.05) is 0 Å². The van der Waals surface area contributed by atoms with Crippen molar-refractivity contribution in [3.05, 3.63) is 39.9 Å². The molecule has 5 nitrogen and oxygen atoms in total. The fraction of sp³-hybridized carbons (Fsp3) is 0.222. The maximum atomic E-state index is 10.9. The summed E-state index contributed by atoms with van der Waals surface area (Å²) in [5.41, 5.74) is 0.192. The Kier molecular flexibility index (Phi) is 1.82. The number of nitro groups is 1. The average molecular weight is 193 g/mol. The number of ketones is 1. The molecule has 14 heavy (non-hydrogen) atoms. The van der Waals surface area contributed by atoms with E-state index < -0.39 is 16.9 Å². The monoisotopic (exact) mass is 193 g/mol. The van der Waals surface area contributed by atoms with Gasteiger partial charge < -0.3 is 5.11 Å². The van der Waals surface area contributed by atoms with Crippen LogP contribution in [0.15, 0.2) is 24.3 Å². The van der Waals surface area contributed by atoms with E-state index in [0.717, 1.165) is 0 Å². The minimum atomic E-state index is -1.06. The van der Waals surface area contributed by atoms with Crippen molar-refractivity contribution in [2.24, 2.45) is 0 Å². The normalized spacial score (nSPS) is 24.8. The lowest BCUT2D eigenvalue weighted by Crippen LogP contribution is -1.95. The highest BCUT2D eigenvalue weighted by atomic mass is 16.6. The molecule has 2 atom stereocenters. The summed E-state index contributed by atoms with van der Waals surface area (Å²) in [6, 6.07) is 5.96. The van der Waals surface area contributed by atoms with Crippen LogP contribution in [0.25, 0.3) is 0 Å². The topological polar surface area (TPSA) is 80.4 Å². The van der Waals surface area contributed by atoms with Gasteiger partial charge in [0, 0.05) is 11.6 Å². The van der Waals surface area contributed by atoms with Gasteiger partial charge >= 0.3 is 0 Å². The molecule has 1 aliphatic carbocycles. The fourth-order valence-electron chi connectivity index (χ4n) is 1.47. The highest BCUT2D eigenvalue weighted by Crippen LogP contribution is 2.40. The molecule has 1 saturated carbocycles. The SMILES string of the molecule is O=C1C(O)C1c1ccccc1[N+](=O)[O-]. The van der Waals surface area contributed by atoms with Crippen LogP contribution < -0.4 is 0 Å². The van der Waals surface area contributed by atoms with Gasteiger partial charge in [-0.3, -0.25) is 14.9 Å². The average Bonchev–Trinajstić information content (AvgIpc) is 2.75. The van der Waals surface area contributed by atoms with Gasteiger partial charge in [0.15, 0.2) is 5.78 Å². The molecule has 2 unspecified atom stereocenters. The van der Waals surface area contributed by atoms with Gasteiger partial charge in [0.25, 0.3) is 5.69 Å². The van der Waals surface area contributed by atoms with Gasteiger partial charge in [-0.25, -0.2) is 0 Å². The number of hydrogen-bond acceptors (Lipinski definition) is 4. The second kappa shape index (κ2) is 2.88. The van der Waals surface area contributed by atoms with Crippen LogP contribution in [0.4, 0.5) is 5.69 Å². The molecule has 1 N–H and O–H groups in total. The number of hydrogen-bond donors (Lipinski definition) is 1. The molecule has 2 rings (SSSR count). The molecule has 0 aliphatic heterocycles. The Labute approximate surface area is 79.1 Å². The molecular formula is C9H7NO4. The molecule has 0 saturated heterocycles. The van der Waals surface area contributed by atoms with E-state index in [9.17, 15) is 14.9 Å². The van der Waals surface area contributed by atoms with Crippen molar-refractivity contribution in [2.45, 2.75) is 12.0 Å². The minimum Gasteiger partial charge on any atom is -0.384 e. The number of carbonyl (C=O) groups is 1. The van der Waals surface area contributed by atoms with E-state index in [4.69, 9.17) is 5.11 Å². The van der Waals surface area contributed by atoms with E-state index in [2.05, 4.69) is 0 Å². The fourth-order valence-corrected chi connectivity index (χ4v) is 1.47. The third-order valence-electron chi connectivity index (χ3n) is 2.27. The minimum absolute atomic E-state index is 0.109. The first-order valence-corrected chi connectivity index (χ1v) is 4.08. The summed E-state index contributed by atoms with van der Waals surface area (Å²) in [5.74, 6) is -1.05. The van der Waals surface area contributed by atoms with E-state index >= 15 is 0 Å². The number of aliphatic hydroxyl groups excluding tert-OH is 1. The summed E-state index contributed by atoms with van der Waals surface area (Å²) < 4.78 is 0. The molecule has 0 radical (unpaired) electrons. The number of nitro benzene ring substituents is 1. The van der Waals surface area contributed by atoms with Crippen LogP contribution in [-0.4, -0.2) is 21.9 Å². The number of para-hydroxylation sites is 1. The van der Waals surface area contributed by atoms with Gasteiger partial charge in [0.05, 0.1) is 10.8 Å². The Bertz CT molecular complexity index is 415. The summed E-state index contributed by atoms with van der Waals surface area (Å²) >= 11 is 0. The molecule has 0 heterocycles. The molecule has 1 aromatic rings. The first-order valence-electron chi connectivity index (χ1n) is 4.08. The van der Waals surface area contributed by atoms with E-state index in [0.29, 0.717) is 5.56 Å². The van der Waals surface area contributed by atoms with E-state index in [1.54, 1.807) is 6.07 Å². The molecule has 1 fully saturated rings. The first-order chi connectivity index (χ1) is 6.63. The third kappa shape index (κ3) is 1.18. The van der Waals surface area contributed by atoms with Crippen LogP contribution in [-0.2, 0) is 4.79 Å². The predicted octanol–water partition coefficient (Wildman–Crippen LogP) is 0.622. The first kappa shape index (κ1) is 8.83. The zero-order chi connectivity index (χ0) is 10.3. The second-order valence-electron chi connectivity index (χ2n) is 3.14. The summed E-state index contributed by atoms with van der Waals surface area (Å²) in [5, 5.41) is 19.7. The smallest absolute Gasteiger partial charge is 0.273 e. The van der Waals surface area contributed by atoms with Crippen LogP contribution >= 0.6 is 0 Å². The van der Waals surface area contributed by atoms with Gasteiger partial charge in [-0.05, 0) is 0 Å². The van der Waals surface area contributed by atoms with Crippen molar-refractivity contribution in [1.82, 2.24) is 0 Å².